The Labute approximate surface area is 170 Å². The van der Waals surface area contributed by atoms with E-state index in [0.29, 0.717) is 27.2 Å². The van der Waals surface area contributed by atoms with E-state index in [4.69, 9.17) is 4.74 Å². The lowest BCUT2D eigenvalue weighted by Crippen LogP contribution is -2.27. The van der Waals surface area contributed by atoms with E-state index in [2.05, 4.69) is 25.3 Å². The number of hydrogen-bond acceptors (Lipinski definition) is 6. The topological polar surface area (TPSA) is 98.0 Å². The van der Waals surface area contributed by atoms with Gasteiger partial charge in [0.05, 0.1) is 13.2 Å². The molecule has 2 aromatic rings. The lowest BCUT2D eigenvalue weighted by molar-refractivity contribution is 0.186. The first-order chi connectivity index (χ1) is 12.6. The summed E-state index contributed by atoms with van der Waals surface area (Å²) in [6.45, 7) is 5.44. The van der Waals surface area contributed by atoms with Gasteiger partial charge >= 0.3 is 0 Å². The van der Waals surface area contributed by atoms with Crippen molar-refractivity contribution in [1.29, 1.82) is 0 Å². The molecule has 0 saturated heterocycles. The first kappa shape index (κ1) is 21.7. The van der Waals surface area contributed by atoms with Crippen molar-refractivity contribution in [1.82, 2.24) is 4.98 Å². The van der Waals surface area contributed by atoms with Gasteiger partial charge in [-0.3, -0.25) is 0 Å². The highest BCUT2D eigenvalue weighted by molar-refractivity contribution is 9.10. The van der Waals surface area contributed by atoms with Gasteiger partial charge in [-0.2, -0.15) is 0 Å². The molecular weight excluding hydrogens is 432 g/mol. The molecule has 0 aliphatic carbocycles. The van der Waals surface area contributed by atoms with E-state index >= 15 is 0 Å². The lowest BCUT2D eigenvalue weighted by atomic mass is 10.00. The van der Waals surface area contributed by atoms with E-state index in [1.54, 1.807) is 30.5 Å². The highest BCUT2D eigenvalue weighted by Gasteiger charge is 2.29. The monoisotopic (exact) mass is 454 g/mol. The third-order valence-electron chi connectivity index (χ3n) is 3.75. The van der Waals surface area contributed by atoms with Crippen LogP contribution in [-0.4, -0.2) is 37.3 Å². The van der Waals surface area contributed by atoms with E-state index in [0.717, 1.165) is 0 Å². The maximum atomic E-state index is 12.6. The number of halogens is 1. The van der Waals surface area contributed by atoms with Gasteiger partial charge in [-0.25, -0.2) is 4.98 Å². The molecule has 0 bridgehead atoms. The number of phenolic OH excluding ortho intramolecular Hbond substituents is 1. The number of ether oxygens (including phenoxy) is 1. The van der Waals surface area contributed by atoms with Crippen molar-refractivity contribution in [2.75, 3.05) is 7.11 Å². The Kier molecular flexibility index (Phi) is 7.27. The molecule has 6 nitrogen and oxygen atoms in total. The minimum absolute atomic E-state index is 0.0554. The summed E-state index contributed by atoms with van der Waals surface area (Å²) in [5, 5.41) is 21.0. The fraction of sp³-hybridized carbons (Fsp3) is 0.368. The van der Waals surface area contributed by atoms with Gasteiger partial charge in [0.15, 0.2) is 0 Å². The van der Waals surface area contributed by atoms with Gasteiger partial charge in [0.25, 0.3) is 0 Å². The third kappa shape index (κ3) is 5.93. The van der Waals surface area contributed by atoms with Gasteiger partial charge in [0, 0.05) is 24.2 Å². The highest BCUT2D eigenvalue weighted by Crippen LogP contribution is 2.29. The largest absolute Gasteiger partial charge is 0.591 e. The zero-order valence-electron chi connectivity index (χ0n) is 15.6. The summed E-state index contributed by atoms with van der Waals surface area (Å²) < 4.78 is 22.1. The van der Waals surface area contributed by atoms with E-state index in [-0.39, 0.29) is 12.2 Å². The Hall–Kier alpha value is -1.61. The Morgan fingerprint density at radius 2 is 2.04 bits per heavy atom. The summed E-state index contributed by atoms with van der Waals surface area (Å²) in [5.74, 6) is 0.436. The molecule has 146 valence electrons. The van der Waals surface area contributed by atoms with Crippen molar-refractivity contribution in [3.8, 4) is 11.5 Å². The smallest absolute Gasteiger partial charge is 0.144 e. The van der Waals surface area contributed by atoms with Crippen LogP contribution in [0.25, 0.3) is 0 Å². The number of aliphatic hydroxyl groups excluding tert-OH is 1. The number of hydrogen-bond donors (Lipinski definition) is 2. The van der Waals surface area contributed by atoms with Crippen LogP contribution in [0.4, 0.5) is 0 Å². The van der Waals surface area contributed by atoms with Crippen LogP contribution in [0.5, 0.6) is 11.5 Å². The average Bonchev–Trinajstić information content (AvgIpc) is 2.60. The standard InChI is InChI=1S/C19H23BrN2O4S/c1-19(2,3)27(25)22-15(14-7-6-13(26-4)9-17(14)24)10-16(23)12-5-8-18(20)21-11-12/h5-9,11,16,23-24H,10H2,1-4H3/b22-15+/t16-,27-/m0/s1. The molecule has 0 aliphatic heterocycles. The van der Waals surface area contributed by atoms with Crippen molar-refractivity contribution >= 4 is 33.0 Å². The SMILES string of the molecule is COc1ccc(/C(C[C@H](O)c2ccc(Br)nc2)=N/[S@@+]([O-])C(C)(C)C)c(O)c1. The minimum atomic E-state index is -1.55. The van der Waals surface area contributed by atoms with Crippen molar-refractivity contribution in [2.45, 2.75) is 38.0 Å². The predicted molar refractivity (Wildman–Crippen MR) is 111 cm³/mol. The van der Waals surface area contributed by atoms with Gasteiger partial charge in [0.2, 0.25) is 0 Å². The molecule has 8 heteroatoms. The van der Waals surface area contributed by atoms with Crippen LogP contribution in [0.1, 0.15) is 44.4 Å². The maximum absolute atomic E-state index is 12.6. The zero-order chi connectivity index (χ0) is 20.2. The summed E-state index contributed by atoms with van der Waals surface area (Å²) in [4.78, 5) is 4.11. The molecule has 0 spiro atoms. The minimum Gasteiger partial charge on any atom is -0.591 e. The Balaban J connectivity index is 2.41. The molecule has 27 heavy (non-hydrogen) atoms. The van der Waals surface area contributed by atoms with E-state index in [1.165, 1.54) is 13.2 Å². The molecular formula is C19H23BrN2O4S. The van der Waals surface area contributed by atoms with Gasteiger partial charge < -0.3 is 19.5 Å². The van der Waals surface area contributed by atoms with E-state index in [1.807, 2.05) is 20.8 Å². The van der Waals surface area contributed by atoms with Gasteiger partial charge in [0.1, 0.15) is 37.9 Å². The Morgan fingerprint density at radius 3 is 2.56 bits per heavy atom. The quantitative estimate of drug-likeness (QED) is 0.391. The summed E-state index contributed by atoms with van der Waals surface area (Å²) in [6.07, 6.45) is 0.717. The van der Waals surface area contributed by atoms with Crippen LogP contribution >= 0.6 is 15.9 Å². The number of phenols is 1. The summed E-state index contributed by atoms with van der Waals surface area (Å²) in [6, 6.07) is 8.25. The summed E-state index contributed by atoms with van der Waals surface area (Å²) >= 11 is 1.71. The molecule has 0 saturated carbocycles. The second-order valence-corrected chi connectivity index (χ2v) is 9.63. The zero-order valence-corrected chi connectivity index (χ0v) is 18.0. The normalized spacial score (nSPS) is 14.7. The Morgan fingerprint density at radius 1 is 1.33 bits per heavy atom. The number of aliphatic hydroxyl groups is 1. The second-order valence-electron chi connectivity index (χ2n) is 6.92. The van der Waals surface area contributed by atoms with Crippen molar-refractivity contribution in [2.24, 2.45) is 4.40 Å². The second kappa shape index (κ2) is 9.05. The first-order valence-electron chi connectivity index (χ1n) is 8.28. The molecule has 1 heterocycles. The van der Waals surface area contributed by atoms with Crippen LogP contribution < -0.4 is 4.74 Å². The van der Waals surface area contributed by atoms with Crippen LogP contribution in [0.2, 0.25) is 0 Å². The van der Waals surface area contributed by atoms with Crippen molar-refractivity contribution in [3.05, 3.63) is 52.3 Å². The average molecular weight is 455 g/mol. The molecule has 0 amide bonds. The molecule has 1 aromatic heterocycles. The lowest BCUT2D eigenvalue weighted by Gasteiger charge is -2.21. The number of pyridine rings is 1. The number of benzene rings is 1. The number of rotatable bonds is 6. The van der Waals surface area contributed by atoms with Crippen LogP contribution in [0.15, 0.2) is 45.5 Å². The first-order valence-corrected chi connectivity index (χ1v) is 10.2. The van der Waals surface area contributed by atoms with Crippen molar-refractivity contribution < 1.29 is 19.5 Å². The summed E-state index contributed by atoms with van der Waals surface area (Å²) in [5.41, 5.74) is 1.34. The maximum Gasteiger partial charge on any atom is 0.144 e. The molecule has 0 unspecified atom stereocenters. The number of aromatic nitrogens is 1. The fourth-order valence-corrected chi connectivity index (χ4v) is 3.08. The number of aromatic hydroxyl groups is 1. The third-order valence-corrected chi connectivity index (χ3v) is 5.66. The molecule has 2 N–H and O–H groups in total. The van der Waals surface area contributed by atoms with Crippen LogP contribution in [0.3, 0.4) is 0 Å². The number of methoxy groups -OCH3 is 1. The number of nitrogens with zero attached hydrogens (tertiary/aromatic N) is 2. The fourth-order valence-electron chi connectivity index (χ4n) is 2.20. The van der Waals surface area contributed by atoms with E-state index < -0.39 is 22.2 Å². The molecule has 0 fully saturated rings. The molecule has 2 atom stereocenters. The molecule has 0 radical (unpaired) electrons. The van der Waals surface area contributed by atoms with Crippen LogP contribution in [-0.2, 0) is 11.4 Å². The van der Waals surface area contributed by atoms with Gasteiger partial charge in [-0.05, 0) is 60.5 Å². The predicted octanol–water partition coefficient (Wildman–Crippen LogP) is 3.93. The van der Waals surface area contributed by atoms with Crippen LogP contribution in [0, 0.1) is 0 Å². The van der Waals surface area contributed by atoms with Gasteiger partial charge in [-0.1, -0.05) is 10.5 Å². The van der Waals surface area contributed by atoms with Gasteiger partial charge in [-0.15, -0.1) is 0 Å². The Bertz CT molecular complexity index is 806. The molecule has 1 aromatic carbocycles. The molecule has 0 aliphatic rings. The molecule has 2 rings (SSSR count). The van der Waals surface area contributed by atoms with Crippen molar-refractivity contribution in [3.63, 3.8) is 0 Å². The van der Waals surface area contributed by atoms with E-state index in [9.17, 15) is 14.8 Å². The highest BCUT2D eigenvalue weighted by atomic mass is 79.9. The summed E-state index contributed by atoms with van der Waals surface area (Å²) in [7, 11) is 1.50.